The van der Waals surface area contributed by atoms with E-state index in [1.165, 1.54) is 24.4 Å². The summed E-state index contributed by atoms with van der Waals surface area (Å²) in [5.74, 6) is 0. The number of pyridine rings is 1. The number of halogens is 2. The van der Waals surface area contributed by atoms with Crippen molar-refractivity contribution < 1.29 is 8.42 Å². The number of sulfone groups is 1. The maximum absolute atomic E-state index is 12.3. The third-order valence-corrected chi connectivity index (χ3v) is 4.56. The van der Waals surface area contributed by atoms with E-state index in [4.69, 9.17) is 28.5 Å². The van der Waals surface area contributed by atoms with E-state index >= 15 is 0 Å². The zero-order chi connectivity index (χ0) is 16.2. The average Bonchev–Trinajstić information content (AvgIpc) is 2.47. The van der Waals surface area contributed by atoms with Crippen molar-refractivity contribution >= 4 is 38.7 Å². The monoisotopic (exact) mass is 353 g/mol. The van der Waals surface area contributed by atoms with Crippen LogP contribution in [0.15, 0.2) is 58.7 Å². The smallest absolute Gasteiger partial charge is 0.235 e. The summed E-state index contributed by atoms with van der Waals surface area (Å²) in [5.41, 5.74) is 0.460. The van der Waals surface area contributed by atoms with Crippen molar-refractivity contribution in [2.75, 3.05) is 5.32 Å². The zero-order valence-electron chi connectivity index (χ0n) is 11.0. The Morgan fingerprint density at radius 1 is 1.23 bits per heavy atom. The van der Waals surface area contributed by atoms with Crippen LogP contribution in [-0.2, 0) is 9.84 Å². The van der Waals surface area contributed by atoms with Gasteiger partial charge < -0.3 is 5.32 Å². The number of rotatable bonds is 4. The van der Waals surface area contributed by atoms with Gasteiger partial charge in [-0.25, -0.2) is 13.4 Å². The molecular weight excluding hydrogens is 345 g/mol. The molecule has 0 radical (unpaired) electrons. The van der Waals surface area contributed by atoms with Crippen LogP contribution in [0.3, 0.4) is 0 Å². The van der Waals surface area contributed by atoms with Crippen LogP contribution >= 0.6 is 23.2 Å². The fraction of sp³-hybridized carbons (Fsp3) is 0. The molecule has 2 aromatic rings. The van der Waals surface area contributed by atoms with Crippen LogP contribution < -0.4 is 5.32 Å². The molecule has 8 heteroatoms. The predicted octanol–water partition coefficient (Wildman–Crippen LogP) is 3.64. The SMILES string of the molecule is N#C/C(=C/Nc1cc(Cl)cc(Cl)c1)S(=O)(=O)c1ccccn1. The van der Waals surface area contributed by atoms with Crippen LogP contribution in [0.2, 0.25) is 10.0 Å². The van der Waals surface area contributed by atoms with Crippen molar-refractivity contribution in [3.63, 3.8) is 0 Å². The fourth-order valence-electron chi connectivity index (χ4n) is 1.57. The van der Waals surface area contributed by atoms with E-state index in [2.05, 4.69) is 10.3 Å². The van der Waals surface area contributed by atoms with Gasteiger partial charge in [-0.05, 0) is 30.3 Å². The zero-order valence-corrected chi connectivity index (χ0v) is 13.3. The third kappa shape index (κ3) is 3.77. The van der Waals surface area contributed by atoms with Crippen LogP contribution in [0, 0.1) is 11.3 Å². The number of anilines is 1. The third-order valence-electron chi connectivity index (χ3n) is 2.55. The highest BCUT2D eigenvalue weighted by Gasteiger charge is 2.21. The number of hydrogen-bond acceptors (Lipinski definition) is 5. The Kier molecular flexibility index (Phi) is 5.03. The molecule has 0 fully saturated rings. The van der Waals surface area contributed by atoms with E-state index in [1.54, 1.807) is 24.3 Å². The molecule has 1 aromatic heterocycles. The largest absolute Gasteiger partial charge is 0.360 e. The van der Waals surface area contributed by atoms with Crippen molar-refractivity contribution in [1.82, 2.24) is 4.98 Å². The molecule has 0 atom stereocenters. The Hall–Kier alpha value is -2.07. The Balaban J connectivity index is 2.34. The predicted molar refractivity (Wildman–Crippen MR) is 85.2 cm³/mol. The van der Waals surface area contributed by atoms with Crippen LogP contribution in [-0.4, -0.2) is 13.4 Å². The summed E-state index contributed by atoms with van der Waals surface area (Å²) in [5, 5.41) is 12.4. The Bertz CT molecular complexity index is 839. The van der Waals surface area contributed by atoms with Crippen LogP contribution in [0.4, 0.5) is 5.69 Å². The molecule has 0 amide bonds. The van der Waals surface area contributed by atoms with Gasteiger partial charge in [0.05, 0.1) is 0 Å². The maximum Gasteiger partial charge on any atom is 0.235 e. The summed E-state index contributed by atoms with van der Waals surface area (Å²) < 4.78 is 24.5. The fourth-order valence-corrected chi connectivity index (χ4v) is 3.12. The summed E-state index contributed by atoms with van der Waals surface area (Å²) in [4.78, 5) is 3.28. The van der Waals surface area contributed by atoms with Crippen molar-refractivity contribution in [1.29, 1.82) is 5.26 Å². The summed E-state index contributed by atoms with van der Waals surface area (Å²) in [6.45, 7) is 0. The van der Waals surface area contributed by atoms with Gasteiger partial charge in [0.1, 0.15) is 6.07 Å². The van der Waals surface area contributed by atoms with Crippen molar-refractivity contribution in [2.45, 2.75) is 5.03 Å². The van der Waals surface area contributed by atoms with Crippen LogP contribution in [0.1, 0.15) is 0 Å². The standard InChI is InChI=1S/C14H9Cl2N3O2S/c15-10-5-11(16)7-12(6-10)19-9-13(8-17)22(20,21)14-3-1-2-4-18-14/h1-7,9,19H/b13-9-. The van der Waals surface area contributed by atoms with Gasteiger partial charge in [-0.2, -0.15) is 5.26 Å². The molecule has 0 aliphatic carbocycles. The number of nitrogens with one attached hydrogen (secondary N) is 1. The number of hydrogen-bond donors (Lipinski definition) is 1. The van der Waals surface area contributed by atoms with E-state index in [0.29, 0.717) is 15.7 Å². The highest BCUT2D eigenvalue weighted by atomic mass is 35.5. The Morgan fingerprint density at radius 2 is 1.91 bits per heavy atom. The number of nitrogens with zero attached hydrogens (tertiary/aromatic N) is 2. The molecule has 1 aromatic carbocycles. The molecule has 0 aliphatic heterocycles. The minimum Gasteiger partial charge on any atom is -0.360 e. The van der Waals surface area contributed by atoms with E-state index in [9.17, 15) is 8.42 Å². The van der Waals surface area contributed by atoms with Gasteiger partial charge >= 0.3 is 0 Å². The molecule has 112 valence electrons. The maximum atomic E-state index is 12.3. The number of benzene rings is 1. The molecule has 0 bridgehead atoms. The molecule has 0 aliphatic rings. The first-order valence-corrected chi connectivity index (χ1v) is 8.16. The van der Waals surface area contributed by atoms with Crippen LogP contribution in [0.5, 0.6) is 0 Å². The highest BCUT2D eigenvalue weighted by Crippen LogP contribution is 2.23. The Labute approximate surface area is 137 Å². The summed E-state index contributed by atoms with van der Waals surface area (Å²) in [6, 6.07) is 10.7. The van der Waals surface area contributed by atoms with Gasteiger partial charge in [-0.3, -0.25) is 0 Å². The average molecular weight is 354 g/mol. The quantitative estimate of drug-likeness (QED) is 0.848. The van der Waals surface area contributed by atoms with Gasteiger partial charge in [0.25, 0.3) is 0 Å². The molecule has 0 saturated heterocycles. The summed E-state index contributed by atoms with van der Waals surface area (Å²) in [6.07, 6.45) is 2.41. The number of allylic oxidation sites excluding steroid dienone is 1. The lowest BCUT2D eigenvalue weighted by molar-refractivity contribution is 0.599. The molecule has 2 rings (SSSR count). The van der Waals surface area contributed by atoms with Crippen LogP contribution in [0.25, 0.3) is 0 Å². The molecular formula is C14H9Cl2N3O2S. The number of aromatic nitrogens is 1. The molecule has 0 unspecified atom stereocenters. The second-order valence-electron chi connectivity index (χ2n) is 4.09. The summed E-state index contributed by atoms with van der Waals surface area (Å²) in [7, 11) is -3.98. The van der Waals surface area contributed by atoms with Gasteiger partial charge in [0.15, 0.2) is 9.93 Å². The molecule has 5 nitrogen and oxygen atoms in total. The van der Waals surface area contributed by atoms with Crippen molar-refractivity contribution in [2.24, 2.45) is 0 Å². The lowest BCUT2D eigenvalue weighted by Crippen LogP contribution is -2.07. The van der Waals surface area contributed by atoms with Gasteiger partial charge in [0.2, 0.25) is 9.84 Å². The normalized spacial score (nSPS) is 11.8. The first kappa shape index (κ1) is 16.3. The topological polar surface area (TPSA) is 82.9 Å². The van der Waals surface area contributed by atoms with Gasteiger partial charge in [-0.1, -0.05) is 29.3 Å². The molecule has 1 N–H and O–H groups in total. The minimum atomic E-state index is -3.98. The second-order valence-corrected chi connectivity index (χ2v) is 6.83. The van der Waals surface area contributed by atoms with E-state index < -0.39 is 14.7 Å². The lowest BCUT2D eigenvalue weighted by Gasteiger charge is -2.05. The first-order valence-electron chi connectivity index (χ1n) is 5.92. The second kappa shape index (κ2) is 6.79. The molecule has 0 spiro atoms. The molecule has 1 heterocycles. The van der Waals surface area contributed by atoms with Crippen molar-refractivity contribution in [3.05, 3.63) is 63.7 Å². The highest BCUT2D eigenvalue weighted by molar-refractivity contribution is 7.95. The van der Waals surface area contributed by atoms with E-state index in [1.807, 2.05) is 0 Å². The van der Waals surface area contributed by atoms with Crippen molar-refractivity contribution in [3.8, 4) is 6.07 Å². The first-order chi connectivity index (χ1) is 10.4. The van der Waals surface area contributed by atoms with Gasteiger partial charge in [0, 0.05) is 28.1 Å². The molecule has 22 heavy (non-hydrogen) atoms. The van der Waals surface area contributed by atoms with E-state index in [0.717, 1.165) is 6.20 Å². The molecule has 0 saturated carbocycles. The summed E-state index contributed by atoms with van der Waals surface area (Å²) >= 11 is 11.7. The number of nitriles is 1. The van der Waals surface area contributed by atoms with E-state index in [-0.39, 0.29) is 5.03 Å². The van der Waals surface area contributed by atoms with Gasteiger partial charge in [-0.15, -0.1) is 0 Å². The lowest BCUT2D eigenvalue weighted by atomic mass is 10.3. The Morgan fingerprint density at radius 3 is 2.45 bits per heavy atom. The minimum absolute atomic E-state index is 0.200.